The van der Waals surface area contributed by atoms with Gasteiger partial charge >= 0.3 is 0 Å². The van der Waals surface area contributed by atoms with Gasteiger partial charge in [-0.1, -0.05) is 76.2 Å². The molecular weight excluding hydrogens is 266 g/mol. The van der Waals surface area contributed by atoms with Gasteiger partial charge in [0.15, 0.2) is 0 Å². The number of hydrogen-bond donors (Lipinski definition) is 1. The van der Waals surface area contributed by atoms with Crippen molar-refractivity contribution in [2.24, 2.45) is 5.73 Å². The van der Waals surface area contributed by atoms with Gasteiger partial charge in [-0.2, -0.15) is 0 Å². The molecule has 0 bridgehead atoms. The third-order valence-corrected chi connectivity index (χ3v) is 3.62. The van der Waals surface area contributed by atoms with Crippen LogP contribution in [0.25, 0.3) is 0 Å². The van der Waals surface area contributed by atoms with Crippen molar-refractivity contribution in [2.45, 2.75) is 58.3 Å². The van der Waals surface area contributed by atoms with Crippen LogP contribution in [0, 0.1) is 0 Å². The number of nitrogens with two attached hydrogens (primary N) is 1. The second kappa shape index (κ2) is 10.7. The molecule has 20 heavy (non-hydrogen) atoms. The van der Waals surface area contributed by atoms with Crippen LogP contribution in [0.5, 0.6) is 5.75 Å². The van der Waals surface area contributed by atoms with E-state index in [1.807, 2.05) is 24.3 Å². The van der Waals surface area contributed by atoms with Gasteiger partial charge in [0.25, 0.3) is 0 Å². The molecule has 0 atom stereocenters. The number of hydrogen-bond acceptors (Lipinski definition) is 2. The monoisotopic (exact) mass is 293 g/mol. The summed E-state index contributed by atoms with van der Waals surface area (Å²) in [5, 5.41) is 0. The van der Waals surface area contributed by atoms with Crippen molar-refractivity contribution in [1.29, 1.82) is 0 Å². The minimum Gasteiger partial charge on any atom is -0.494 e. The van der Waals surface area contributed by atoms with E-state index in [-0.39, 0.29) is 0 Å². The molecule has 0 unspecified atom stereocenters. The zero-order valence-electron chi connectivity index (χ0n) is 12.6. The number of rotatable bonds is 11. The summed E-state index contributed by atoms with van der Waals surface area (Å²) in [6.45, 7) is 3.03. The summed E-state index contributed by atoms with van der Waals surface area (Å²) in [5.41, 5.74) is 6.47. The van der Waals surface area contributed by atoms with Crippen molar-refractivity contribution in [1.82, 2.24) is 0 Å². The molecule has 0 amide bonds. The van der Waals surface area contributed by atoms with E-state index in [4.69, 9.17) is 22.7 Å². The van der Waals surface area contributed by atoms with Crippen LogP contribution in [0.1, 0.15) is 63.9 Å². The molecule has 0 aliphatic rings. The van der Waals surface area contributed by atoms with Crippen molar-refractivity contribution in [3.63, 3.8) is 0 Å². The van der Waals surface area contributed by atoms with Crippen LogP contribution in [-0.2, 0) is 0 Å². The van der Waals surface area contributed by atoms with Crippen molar-refractivity contribution in [2.75, 3.05) is 6.61 Å². The van der Waals surface area contributed by atoms with E-state index in [0.29, 0.717) is 4.99 Å². The third kappa shape index (κ3) is 7.49. The van der Waals surface area contributed by atoms with Crippen molar-refractivity contribution >= 4 is 17.2 Å². The molecule has 0 aromatic heterocycles. The predicted octanol–water partition coefficient (Wildman–Crippen LogP) is 4.84. The Morgan fingerprint density at radius 2 is 1.70 bits per heavy atom. The second-order valence-electron chi connectivity index (χ2n) is 5.22. The Morgan fingerprint density at radius 1 is 1.05 bits per heavy atom. The normalized spacial score (nSPS) is 10.4. The molecule has 112 valence electrons. The lowest BCUT2D eigenvalue weighted by atomic mass is 10.1. The molecule has 1 rings (SSSR count). The summed E-state index contributed by atoms with van der Waals surface area (Å²) in [7, 11) is 0. The number of unbranched alkanes of at least 4 members (excludes halogenated alkanes) is 7. The van der Waals surface area contributed by atoms with Crippen LogP contribution in [0.4, 0.5) is 0 Å². The summed E-state index contributed by atoms with van der Waals surface area (Å²) in [4.78, 5) is 0.419. The van der Waals surface area contributed by atoms with E-state index in [2.05, 4.69) is 6.92 Å². The molecule has 0 spiro atoms. The van der Waals surface area contributed by atoms with Gasteiger partial charge in [-0.25, -0.2) is 0 Å². The van der Waals surface area contributed by atoms with Gasteiger partial charge in [-0.3, -0.25) is 0 Å². The smallest absolute Gasteiger partial charge is 0.119 e. The summed E-state index contributed by atoms with van der Waals surface area (Å²) >= 11 is 4.96. The lowest BCUT2D eigenvalue weighted by molar-refractivity contribution is 0.304. The summed E-state index contributed by atoms with van der Waals surface area (Å²) in [6, 6.07) is 7.70. The van der Waals surface area contributed by atoms with E-state index >= 15 is 0 Å². The lowest BCUT2D eigenvalue weighted by Gasteiger charge is -2.07. The largest absolute Gasteiger partial charge is 0.494 e. The maximum Gasteiger partial charge on any atom is 0.119 e. The average molecular weight is 293 g/mol. The first-order chi connectivity index (χ1) is 9.74. The summed E-state index contributed by atoms with van der Waals surface area (Å²) < 4.78 is 5.73. The Morgan fingerprint density at radius 3 is 2.35 bits per heavy atom. The van der Waals surface area contributed by atoms with Crippen LogP contribution in [0.3, 0.4) is 0 Å². The van der Waals surface area contributed by atoms with Crippen LogP contribution in [0.2, 0.25) is 0 Å². The van der Waals surface area contributed by atoms with Gasteiger partial charge in [0.2, 0.25) is 0 Å². The molecule has 2 N–H and O–H groups in total. The first-order valence-corrected chi connectivity index (χ1v) is 8.17. The second-order valence-corrected chi connectivity index (χ2v) is 5.66. The Labute approximate surface area is 128 Å². The zero-order chi connectivity index (χ0) is 14.6. The molecule has 1 aromatic rings. The number of thiocarbonyl (C=S) groups is 1. The van der Waals surface area contributed by atoms with Crippen LogP contribution < -0.4 is 10.5 Å². The predicted molar refractivity (Wildman–Crippen MR) is 90.4 cm³/mol. The zero-order valence-corrected chi connectivity index (χ0v) is 13.4. The Hall–Kier alpha value is -1.09. The lowest BCUT2D eigenvalue weighted by Crippen LogP contribution is -2.09. The van der Waals surface area contributed by atoms with E-state index in [1.165, 1.54) is 44.9 Å². The van der Waals surface area contributed by atoms with Gasteiger partial charge < -0.3 is 10.5 Å². The quantitative estimate of drug-likeness (QED) is 0.468. The van der Waals surface area contributed by atoms with Crippen molar-refractivity contribution in [3.05, 3.63) is 29.8 Å². The molecule has 0 saturated carbocycles. The average Bonchev–Trinajstić information content (AvgIpc) is 2.46. The van der Waals surface area contributed by atoms with Gasteiger partial charge in [-0.05, 0) is 18.6 Å². The topological polar surface area (TPSA) is 35.2 Å². The fourth-order valence-electron chi connectivity index (χ4n) is 2.17. The molecule has 0 radical (unpaired) electrons. The van der Waals surface area contributed by atoms with E-state index in [1.54, 1.807) is 0 Å². The van der Waals surface area contributed by atoms with Crippen LogP contribution >= 0.6 is 12.2 Å². The first-order valence-electron chi connectivity index (χ1n) is 7.76. The fourth-order valence-corrected chi connectivity index (χ4v) is 2.29. The molecule has 0 heterocycles. The molecule has 2 nitrogen and oxygen atoms in total. The molecule has 0 saturated heterocycles. The highest BCUT2D eigenvalue weighted by Gasteiger charge is 1.99. The van der Waals surface area contributed by atoms with Crippen LogP contribution in [-0.4, -0.2) is 11.6 Å². The number of ether oxygens (including phenoxy) is 1. The highest BCUT2D eigenvalue weighted by atomic mass is 32.1. The van der Waals surface area contributed by atoms with Crippen LogP contribution in [0.15, 0.2) is 24.3 Å². The highest BCUT2D eigenvalue weighted by Crippen LogP contribution is 2.14. The van der Waals surface area contributed by atoms with Gasteiger partial charge in [0, 0.05) is 5.56 Å². The SMILES string of the molecule is CCCCCCCCCCOc1cccc(C(N)=S)c1. The maximum atomic E-state index is 5.73. The van der Waals surface area contributed by atoms with Gasteiger partial charge in [0.1, 0.15) is 10.7 Å². The van der Waals surface area contributed by atoms with Crippen molar-refractivity contribution < 1.29 is 4.74 Å². The van der Waals surface area contributed by atoms with E-state index < -0.39 is 0 Å². The number of benzene rings is 1. The first kappa shape index (κ1) is 17.0. The molecule has 0 aliphatic heterocycles. The molecular formula is C17H27NOS. The fraction of sp³-hybridized carbons (Fsp3) is 0.588. The summed E-state index contributed by atoms with van der Waals surface area (Å²) in [6.07, 6.45) is 10.5. The molecule has 1 aromatic carbocycles. The standard InChI is InChI=1S/C17H27NOS/c1-2-3-4-5-6-7-8-9-13-19-16-12-10-11-15(14-16)17(18)20/h10-12,14H,2-9,13H2,1H3,(H2,18,20). The third-order valence-electron chi connectivity index (χ3n) is 3.39. The van der Waals surface area contributed by atoms with Gasteiger partial charge in [0.05, 0.1) is 6.61 Å². The highest BCUT2D eigenvalue weighted by molar-refractivity contribution is 7.80. The van der Waals surface area contributed by atoms with Crippen molar-refractivity contribution in [3.8, 4) is 5.75 Å². The van der Waals surface area contributed by atoms with E-state index in [9.17, 15) is 0 Å². The molecule has 3 heteroatoms. The van der Waals surface area contributed by atoms with Gasteiger partial charge in [-0.15, -0.1) is 0 Å². The van der Waals surface area contributed by atoms with E-state index in [0.717, 1.165) is 24.3 Å². The molecule has 0 fully saturated rings. The summed E-state index contributed by atoms with van der Waals surface area (Å²) in [5.74, 6) is 0.859. The molecule has 0 aliphatic carbocycles. The maximum absolute atomic E-state index is 5.73. The Balaban J connectivity index is 2.06. The minimum atomic E-state index is 0.419. The minimum absolute atomic E-state index is 0.419. The Kier molecular flexibility index (Phi) is 9.05. The Bertz CT molecular complexity index is 392.